The molecule has 102 valence electrons. The molecule has 0 saturated carbocycles. The van der Waals surface area contributed by atoms with Gasteiger partial charge in [0.15, 0.2) is 9.84 Å². The summed E-state index contributed by atoms with van der Waals surface area (Å²) < 4.78 is 22.9. The second kappa shape index (κ2) is 6.71. The SMILES string of the molecule is CCS(=O)(=O)CCN1CCCC(C(C)NC)C1. The van der Waals surface area contributed by atoms with Crippen molar-refractivity contribution in [3.05, 3.63) is 0 Å². The topological polar surface area (TPSA) is 49.4 Å². The lowest BCUT2D eigenvalue weighted by Crippen LogP contribution is -2.44. The first kappa shape index (κ1) is 14.9. The van der Waals surface area contributed by atoms with Crippen molar-refractivity contribution in [2.75, 3.05) is 38.2 Å². The molecule has 0 aliphatic carbocycles. The Kier molecular flexibility index (Phi) is 5.89. The van der Waals surface area contributed by atoms with E-state index in [1.165, 1.54) is 12.8 Å². The number of nitrogens with zero attached hydrogens (tertiary/aromatic N) is 1. The van der Waals surface area contributed by atoms with Crippen LogP contribution in [-0.4, -0.2) is 57.5 Å². The molecule has 0 radical (unpaired) electrons. The van der Waals surface area contributed by atoms with Crippen LogP contribution in [0.15, 0.2) is 0 Å². The zero-order valence-electron chi connectivity index (χ0n) is 11.3. The van der Waals surface area contributed by atoms with Gasteiger partial charge in [-0.05, 0) is 39.3 Å². The molecule has 1 saturated heterocycles. The second-order valence-corrected chi connectivity index (χ2v) is 7.49. The maximum atomic E-state index is 11.5. The van der Waals surface area contributed by atoms with Crippen molar-refractivity contribution in [3.63, 3.8) is 0 Å². The lowest BCUT2D eigenvalue weighted by molar-refractivity contribution is 0.160. The van der Waals surface area contributed by atoms with E-state index in [2.05, 4.69) is 17.1 Å². The van der Waals surface area contributed by atoms with Crippen LogP contribution in [0.5, 0.6) is 0 Å². The third-order valence-electron chi connectivity index (χ3n) is 3.86. The lowest BCUT2D eigenvalue weighted by Gasteiger charge is -2.35. The number of hydrogen-bond donors (Lipinski definition) is 1. The van der Waals surface area contributed by atoms with E-state index >= 15 is 0 Å². The Morgan fingerprint density at radius 3 is 2.76 bits per heavy atom. The maximum Gasteiger partial charge on any atom is 0.151 e. The Morgan fingerprint density at radius 1 is 1.47 bits per heavy atom. The van der Waals surface area contributed by atoms with Crippen LogP contribution in [0.2, 0.25) is 0 Å². The fourth-order valence-corrected chi connectivity index (χ4v) is 3.18. The highest BCUT2D eigenvalue weighted by molar-refractivity contribution is 7.91. The van der Waals surface area contributed by atoms with Crippen LogP contribution < -0.4 is 5.32 Å². The number of likely N-dealkylation sites (tertiary alicyclic amines) is 1. The minimum Gasteiger partial charge on any atom is -0.317 e. The molecule has 2 unspecified atom stereocenters. The highest BCUT2D eigenvalue weighted by Crippen LogP contribution is 2.19. The van der Waals surface area contributed by atoms with E-state index in [-0.39, 0.29) is 5.75 Å². The standard InChI is InChI=1S/C12H26N2O2S/c1-4-17(15,16)9-8-14-7-5-6-12(10-14)11(2)13-3/h11-13H,4-10H2,1-3H3. The van der Waals surface area contributed by atoms with Gasteiger partial charge >= 0.3 is 0 Å². The average Bonchev–Trinajstić information content (AvgIpc) is 2.36. The molecular weight excluding hydrogens is 236 g/mol. The molecule has 2 atom stereocenters. The normalized spacial score (nSPS) is 24.8. The number of nitrogens with one attached hydrogen (secondary N) is 1. The van der Waals surface area contributed by atoms with Gasteiger partial charge < -0.3 is 10.2 Å². The van der Waals surface area contributed by atoms with Gasteiger partial charge in [0, 0.05) is 24.9 Å². The molecule has 1 N–H and O–H groups in total. The molecule has 1 heterocycles. The van der Waals surface area contributed by atoms with Gasteiger partial charge in [0.2, 0.25) is 0 Å². The summed E-state index contributed by atoms with van der Waals surface area (Å²) in [6.07, 6.45) is 2.43. The minimum atomic E-state index is -2.82. The van der Waals surface area contributed by atoms with Crippen molar-refractivity contribution in [2.45, 2.75) is 32.7 Å². The predicted octanol–water partition coefficient (Wildman–Crippen LogP) is 0.741. The van der Waals surface area contributed by atoms with Gasteiger partial charge in [0.05, 0.1) is 5.75 Å². The van der Waals surface area contributed by atoms with E-state index in [4.69, 9.17) is 0 Å². The molecule has 0 spiro atoms. The largest absolute Gasteiger partial charge is 0.317 e. The summed E-state index contributed by atoms with van der Waals surface area (Å²) in [6, 6.07) is 0.514. The van der Waals surface area contributed by atoms with Gasteiger partial charge in [-0.2, -0.15) is 0 Å². The first-order chi connectivity index (χ1) is 7.98. The van der Waals surface area contributed by atoms with Crippen LogP contribution in [0, 0.1) is 5.92 Å². The molecule has 0 aromatic carbocycles. The van der Waals surface area contributed by atoms with Crippen LogP contribution in [0.25, 0.3) is 0 Å². The van der Waals surface area contributed by atoms with Gasteiger partial charge in [-0.15, -0.1) is 0 Å². The fourth-order valence-electron chi connectivity index (χ4n) is 2.35. The monoisotopic (exact) mass is 262 g/mol. The fraction of sp³-hybridized carbons (Fsp3) is 1.00. The molecule has 1 aliphatic heterocycles. The van der Waals surface area contributed by atoms with Crippen molar-refractivity contribution in [3.8, 4) is 0 Å². The van der Waals surface area contributed by atoms with E-state index in [0.717, 1.165) is 13.1 Å². The first-order valence-corrected chi connectivity index (χ1v) is 8.40. The Bertz CT molecular complexity index is 316. The molecule has 0 amide bonds. The Labute approximate surface area is 106 Å². The number of sulfone groups is 1. The second-order valence-electron chi connectivity index (χ2n) is 5.02. The quantitative estimate of drug-likeness (QED) is 0.767. The smallest absolute Gasteiger partial charge is 0.151 e. The molecular formula is C12H26N2O2S. The average molecular weight is 262 g/mol. The van der Waals surface area contributed by atoms with Crippen LogP contribution >= 0.6 is 0 Å². The van der Waals surface area contributed by atoms with Crippen molar-refractivity contribution in [1.29, 1.82) is 0 Å². The summed E-state index contributed by atoms with van der Waals surface area (Å²) in [5.74, 6) is 1.22. The highest BCUT2D eigenvalue weighted by atomic mass is 32.2. The Balaban J connectivity index is 2.40. The zero-order valence-corrected chi connectivity index (χ0v) is 12.1. The molecule has 0 aromatic rings. The Morgan fingerprint density at radius 2 is 2.18 bits per heavy atom. The van der Waals surface area contributed by atoms with Crippen LogP contribution in [0.3, 0.4) is 0 Å². The predicted molar refractivity (Wildman–Crippen MR) is 72.0 cm³/mol. The van der Waals surface area contributed by atoms with E-state index in [1.807, 2.05) is 7.05 Å². The minimum absolute atomic E-state index is 0.261. The van der Waals surface area contributed by atoms with E-state index in [9.17, 15) is 8.42 Å². The van der Waals surface area contributed by atoms with Crippen molar-refractivity contribution >= 4 is 9.84 Å². The van der Waals surface area contributed by atoms with Crippen LogP contribution in [0.4, 0.5) is 0 Å². The summed E-state index contributed by atoms with van der Waals surface area (Å²) in [5, 5.41) is 3.29. The Hall–Kier alpha value is -0.130. The summed E-state index contributed by atoms with van der Waals surface area (Å²) in [4.78, 5) is 2.30. The molecule has 1 rings (SSSR count). The highest BCUT2D eigenvalue weighted by Gasteiger charge is 2.24. The zero-order chi connectivity index (χ0) is 12.9. The number of hydrogen-bond acceptors (Lipinski definition) is 4. The maximum absolute atomic E-state index is 11.5. The van der Waals surface area contributed by atoms with Gasteiger partial charge in [0.25, 0.3) is 0 Å². The van der Waals surface area contributed by atoms with Crippen LogP contribution in [0.1, 0.15) is 26.7 Å². The molecule has 5 heteroatoms. The van der Waals surface area contributed by atoms with Gasteiger partial charge in [-0.25, -0.2) is 8.42 Å². The van der Waals surface area contributed by atoms with Gasteiger partial charge in [-0.1, -0.05) is 6.92 Å². The molecule has 0 bridgehead atoms. The summed E-state index contributed by atoms with van der Waals surface area (Å²) >= 11 is 0. The van der Waals surface area contributed by atoms with Crippen LogP contribution in [-0.2, 0) is 9.84 Å². The molecule has 4 nitrogen and oxygen atoms in total. The third kappa shape index (κ3) is 4.94. The van der Waals surface area contributed by atoms with Crippen molar-refractivity contribution in [1.82, 2.24) is 10.2 Å². The summed E-state index contributed by atoms with van der Waals surface area (Å²) in [6.45, 7) is 6.70. The van der Waals surface area contributed by atoms with Crippen molar-refractivity contribution in [2.24, 2.45) is 5.92 Å². The van der Waals surface area contributed by atoms with Gasteiger partial charge in [0.1, 0.15) is 0 Å². The van der Waals surface area contributed by atoms with Gasteiger partial charge in [-0.3, -0.25) is 0 Å². The molecule has 0 aromatic heterocycles. The molecule has 1 fully saturated rings. The summed E-state index contributed by atoms with van der Waals surface area (Å²) in [5.41, 5.74) is 0. The number of rotatable bonds is 6. The van der Waals surface area contributed by atoms with E-state index in [1.54, 1.807) is 6.92 Å². The first-order valence-electron chi connectivity index (χ1n) is 6.58. The molecule has 17 heavy (non-hydrogen) atoms. The lowest BCUT2D eigenvalue weighted by atomic mass is 9.92. The van der Waals surface area contributed by atoms with E-state index < -0.39 is 9.84 Å². The molecule has 1 aliphatic rings. The van der Waals surface area contributed by atoms with E-state index in [0.29, 0.717) is 24.3 Å². The number of piperidine rings is 1. The summed E-state index contributed by atoms with van der Waals surface area (Å²) in [7, 11) is -0.828. The van der Waals surface area contributed by atoms with Crippen molar-refractivity contribution < 1.29 is 8.42 Å². The third-order valence-corrected chi connectivity index (χ3v) is 5.55.